The number of aromatic hydroxyl groups is 6. The Labute approximate surface area is 483 Å². The topological polar surface area (TPSA) is 144 Å². The lowest BCUT2D eigenvalue weighted by molar-refractivity contribution is 0.341. The molecule has 0 amide bonds. The van der Waals surface area contributed by atoms with Gasteiger partial charge in [0.25, 0.3) is 6.71 Å². The number of benzene rings is 9. The number of hydrogen-bond acceptors (Lipinski definition) is 11. The lowest BCUT2D eigenvalue weighted by Gasteiger charge is -2.46. The van der Waals surface area contributed by atoms with Crippen LogP contribution in [0.5, 0.6) is 34.5 Å². The highest BCUT2D eigenvalue weighted by Crippen LogP contribution is 2.66. The SMILES string of the molecule is Cc1cc(-c2cccc3c2oc2ccccc23)cc(C)c1N1c2cc(N3c4c(O)c(O)c(C)c(C)c4Sc4c(O)c(O)c(O)c(O)c43)ccc2B2c3ccc(C(C)(C)C)cc3N(c3ccc(C(C)(C)C)cc3)c3cc(C(C)(C)C)cc1c32. The molecule has 0 radical (unpaired) electrons. The number of rotatable bonds is 4. The molecule has 0 saturated heterocycles. The van der Waals surface area contributed by atoms with E-state index < -0.39 is 28.7 Å². The minimum absolute atomic E-state index is 0.0560. The van der Waals surface area contributed by atoms with E-state index in [1.807, 2.05) is 37.3 Å². The molecule has 0 bridgehead atoms. The Kier molecular flexibility index (Phi) is 11.5. The standard InChI is InChI=1S/C70H66BN3O7S/c1-35-29-39(45-18-16-19-47-46-17-14-15-20-54(46)81-65(45)47)30-36(2)56(35)74-51-34-44(73-57-60(76)59(75)37(3)38(4)66(57)82-67-58(73)61(77)62(78)63(79)64(67)80)26-28-49(51)71-48-27-23-41(69(8,9)10)31-50(48)72(43-24-21-40(22-25-43)68(5,6)7)52-32-42(70(11,12)13)33-53(74)55(52)71/h14-34,75-80H,1-13H3. The monoisotopic (exact) mass is 1100 g/mol. The highest BCUT2D eigenvalue weighted by Gasteiger charge is 2.46. The molecule has 0 atom stereocenters. The van der Waals surface area contributed by atoms with Crippen LogP contribution < -0.4 is 31.1 Å². The normalized spacial score (nSPS) is 13.8. The van der Waals surface area contributed by atoms with Crippen molar-refractivity contribution in [1.82, 2.24) is 0 Å². The van der Waals surface area contributed by atoms with E-state index in [9.17, 15) is 30.6 Å². The molecule has 12 heteroatoms. The Bertz CT molecular complexity index is 4320. The molecule has 1 aromatic heterocycles. The molecule has 3 aliphatic rings. The molecule has 13 rings (SSSR count). The third-order valence-corrected chi connectivity index (χ3v) is 18.7. The van der Waals surface area contributed by atoms with E-state index in [-0.39, 0.29) is 45.0 Å². The van der Waals surface area contributed by atoms with Gasteiger partial charge in [0.1, 0.15) is 22.5 Å². The Morgan fingerprint density at radius 1 is 0.427 bits per heavy atom. The average Bonchev–Trinajstić information content (AvgIpc) is 2.15. The Morgan fingerprint density at radius 3 is 1.62 bits per heavy atom. The first kappa shape index (κ1) is 52.7. The van der Waals surface area contributed by atoms with Crippen LogP contribution in [0, 0.1) is 27.7 Å². The summed E-state index contributed by atoms with van der Waals surface area (Å²) >= 11 is 1.03. The second-order valence-corrected chi connectivity index (χ2v) is 26.7. The van der Waals surface area contributed by atoms with Crippen LogP contribution in [-0.4, -0.2) is 37.4 Å². The molecule has 0 saturated carbocycles. The smallest absolute Gasteiger partial charge is 0.252 e. The van der Waals surface area contributed by atoms with Gasteiger partial charge in [-0.25, -0.2) is 0 Å². The molecule has 82 heavy (non-hydrogen) atoms. The van der Waals surface area contributed by atoms with Gasteiger partial charge < -0.3 is 49.8 Å². The van der Waals surface area contributed by atoms with Crippen LogP contribution in [0.2, 0.25) is 0 Å². The van der Waals surface area contributed by atoms with Crippen LogP contribution >= 0.6 is 11.8 Å². The average molecular weight is 1100 g/mol. The van der Waals surface area contributed by atoms with Crippen LogP contribution in [0.15, 0.2) is 142 Å². The van der Waals surface area contributed by atoms with E-state index in [0.29, 0.717) is 21.7 Å². The summed E-state index contributed by atoms with van der Waals surface area (Å²) in [6.07, 6.45) is 0. The summed E-state index contributed by atoms with van der Waals surface area (Å²) in [5.41, 5.74) is 19.3. The zero-order valence-electron chi connectivity index (χ0n) is 48.5. The highest BCUT2D eigenvalue weighted by atomic mass is 32.2. The number of aryl methyl sites for hydroxylation is 2. The summed E-state index contributed by atoms with van der Waals surface area (Å²) in [4.78, 5) is 6.95. The molecule has 0 aliphatic carbocycles. The van der Waals surface area contributed by atoms with Crippen LogP contribution in [0.3, 0.4) is 0 Å². The van der Waals surface area contributed by atoms with Crippen molar-refractivity contribution >= 4 is 108 Å². The summed E-state index contributed by atoms with van der Waals surface area (Å²) in [7, 11) is 0. The van der Waals surface area contributed by atoms with Crippen LogP contribution in [-0.2, 0) is 16.2 Å². The van der Waals surface area contributed by atoms with Gasteiger partial charge in [0.15, 0.2) is 23.0 Å². The highest BCUT2D eigenvalue weighted by molar-refractivity contribution is 8.00. The molecule has 10 nitrogen and oxygen atoms in total. The van der Waals surface area contributed by atoms with Gasteiger partial charge in [-0.2, -0.15) is 0 Å². The van der Waals surface area contributed by atoms with Gasteiger partial charge in [-0.1, -0.05) is 141 Å². The molecule has 0 unspecified atom stereocenters. The fourth-order valence-corrected chi connectivity index (χ4v) is 14.1. The van der Waals surface area contributed by atoms with Crippen LogP contribution in [0.4, 0.5) is 51.2 Å². The Hall–Kier alpha value is -8.61. The summed E-state index contributed by atoms with van der Waals surface area (Å²) < 4.78 is 6.63. The van der Waals surface area contributed by atoms with Crippen molar-refractivity contribution in [3.8, 4) is 45.6 Å². The maximum atomic E-state index is 12.2. The van der Waals surface area contributed by atoms with E-state index >= 15 is 0 Å². The van der Waals surface area contributed by atoms with E-state index in [4.69, 9.17) is 4.42 Å². The zero-order valence-corrected chi connectivity index (χ0v) is 49.4. The van der Waals surface area contributed by atoms with E-state index in [2.05, 4.69) is 183 Å². The number of phenolic OH excluding ortho intramolecular Hbond substituents is 6. The molecular formula is C70H66BN3O7S. The minimum Gasteiger partial charge on any atom is -0.504 e. The third kappa shape index (κ3) is 7.70. The molecular weight excluding hydrogens is 1040 g/mol. The largest absolute Gasteiger partial charge is 0.504 e. The number of hydrogen-bond donors (Lipinski definition) is 6. The number of anilines is 9. The lowest BCUT2D eigenvalue weighted by atomic mass is 9.33. The van der Waals surface area contributed by atoms with Gasteiger partial charge in [0, 0.05) is 55.4 Å². The number of para-hydroxylation sites is 2. The maximum Gasteiger partial charge on any atom is 0.252 e. The molecule has 9 aromatic carbocycles. The van der Waals surface area contributed by atoms with Crippen LogP contribution in [0.1, 0.15) is 101 Å². The first-order valence-electron chi connectivity index (χ1n) is 28.0. The van der Waals surface area contributed by atoms with Crippen molar-refractivity contribution in [2.45, 2.75) is 116 Å². The summed E-state index contributed by atoms with van der Waals surface area (Å²) in [5.74, 6) is -3.95. The van der Waals surface area contributed by atoms with Crippen molar-refractivity contribution < 1.29 is 35.1 Å². The molecule has 412 valence electrons. The molecule has 0 spiro atoms. The zero-order chi connectivity index (χ0) is 58.1. The Morgan fingerprint density at radius 2 is 0.963 bits per heavy atom. The number of furan rings is 1. The van der Waals surface area contributed by atoms with Gasteiger partial charge in [-0.15, -0.1) is 0 Å². The van der Waals surface area contributed by atoms with Crippen molar-refractivity contribution in [2.75, 3.05) is 14.7 Å². The number of nitrogens with zero attached hydrogens (tertiary/aromatic N) is 3. The van der Waals surface area contributed by atoms with Gasteiger partial charge in [-0.05, 0) is 165 Å². The fraction of sp³-hybridized carbons (Fsp3) is 0.229. The molecule has 10 aromatic rings. The first-order chi connectivity index (χ1) is 38.7. The van der Waals surface area contributed by atoms with E-state index in [1.54, 1.807) is 11.8 Å². The Balaban J connectivity index is 1.14. The van der Waals surface area contributed by atoms with E-state index in [0.717, 1.165) is 112 Å². The maximum absolute atomic E-state index is 12.2. The molecule has 4 heterocycles. The van der Waals surface area contributed by atoms with E-state index in [1.165, 1.54) is 11.1 Å². The molecule has 0 fully saturated rings. The quantitative estimate of drug-likeness (QED) is 0.0569. The molecule has 3 aliphatic heterocycles. The minimum atomic E-state index is -0.927. The van der Waals surface area contributed by atoms with Gasteiger partial charge in [0.05, 0.1) is 10.6 Å². The third-order valence-electron chi connectivity index (χ3n) is 17.4. The van der Waals surface area contributed by atoms with Crippen molar-refractivity contribution in [2.24, 2.45) is 0 Å². The summed E-state index contributed by atoms with van der Waals surface area (Å²) in [6.45, 7) is 27.8. The summed E-state index contributed by atoms with van der Waals surface area (Å²) in [5, 5.41) is 72.0. The molecule has 6 N–H and O–H groups in total. The van der Waals surface area contributed by atoms with Crippen LogP contribution in [0.25, 0.3) is 33.1 Å². The predicted octanol–water partition coefficient (Wildman–Crippen LogP) is 16.6. The lowest BCUT2D eigenvalue weighted by Crippen LogP contribution is -2.61. The van der Waals surface area contributed by atoms with Gasteiger partial charge in [0.2, 0.25) is 11.5 Å². The second kappa shape index (κ2) is 17.9. The first-order valence-corrected chi connectivity index (χ1v) is 28.8. The van der Waals surface area contributed by atoms with Gasteiger partial charge >= 0.3 is 0 Å². The number of fused-ring (bicyclic) bond motifs is 9. The van der Waals surface area contributed by atoms with Gasteiger partial charge in [-0.3, -0.25) is 0 Å². The van der Waals surface area contributed by atoms with Crippen molar-refractivity contribution in [3.63, 3.8) is 0 Å². The van der Waals surface area contributed by atoms with Crippen molar-refractivity contribution in [1.29, 1.82) is 0 Å². The second-order valence-electron chi connectivity index (χ2n) is 25.7. The number of phenols is 6. The fourth-order valence-electron chi connectivity index (χ4n) is 12.8. The summed E-state index contributed by atoms with van der Waals surface area (Å²) in [6, 6.07) is 45.7. The van der Waals surface area contributed by atoms with Crippen molar-refractivity contribution in [3.05, 3.63) is 166 Å². The predicted molar refractivity (Wildman–Crippen MR) is 337 cm³/mol.